The predicted molar refractivity (Wildman–Crippen MR) is 98.3 cm³/mol. The van der Waals surface area contributed by atoms with Gasteiger partial charge in [-0.2, -0.15) is 13.2 Å². The molecule has 1 N–H and O–H groups in total. The Hall–Kier alpha value is -2.61. The SMILES string of the molecule is C[C@@H](NC(=O)CSc1nccc(C(F)(F)F)n1)c1cccc2ccccc12. The zero-order valence-corrected chi connectivity index (χ0v) is 15.1. The first-order valence-electron chi connectivity index (χ1n) is 8.14. The highest BCUT2D eigenvalue weighted by Gasteiger charge is 2.32. The Bertz CT molecular complexity index is 957. The predicted octanol–water partition coefficient (Wildman–Crippen LogP) is 4.62. The Balaban J connectivity index is 1.64. The van der Waals surface area contributed by atoms with Gasteiger partial charge in [-0.1, -0.05) is 54.2 Å². The fourth-order valence-corrected chi connectivity index (χ4v) is 3.33. The van der Waals surface area contributed by atoms with Crippen molar-refractivity contribution in [3.05, 3.63) is 66.0 Å². The van der Waals surface area contributed by atoms with Gasteiger partial charge in [-0.3, -0.25) is 4.79 Å². The lowest BCUT2D eigenvalue weighted by Crippen LogP contribution is -2.28. The van der Waals surface area contributed by atoms with E-state index in [-0.39, 0.29) is 22.9 Å². The number of amides is 1. The Morgan fingerprint density at radius 2 is 1.89 bits per heavy atom. The van der Waals surface area contributed by atoms with Gasteiger partial charge >= 0.3 is 6.18 Å². The zero-order valence-electron chi connectivity index (χ0n) is 14.3. The lowest BCUT2D eigenvalue weighted by molar-refractivity contribution is -0.141. The van der Waals surface area contributed by atoms with Crippen molar-refractivity contribution in [2.45, 2.75) is 24.3 Å². The van der Waals surface area contributed by atoms with E-state index in [0.29, 0.717) is 0 Å². The van der Waals surface area contributed by atoms with Gasteiger partial charge in [-0.15, -0.1) is 0 Å². The quantitative estimate of drug-likeness (QED) is 0.509. The van der Waals surface area contributed by atoms with E-state index in [9.17, 15) is 18.0 Å². The molecule has 140 valence electrons. The Morgan fingerprint density at radius 3 is 2.67 bits per heavy atom. The first-order chi connectivity index (χ1) is 12.8. The summed E-state index contributed by atoms with van der Waals surface area (Å²) in [6.07, 6.45) is -3.50. The van der Waals surface area contributed by atoms with Crippen LogP contribution in [0.5, 0.6) is 0 Å². The molecule has 0 unspecified atom stereocenters. The number of halogens is 3. The van der Waals surface area contributed by atoms with Crippen molar-refractivity contribution in [1.29, 1.82) is 0 Å². The maximum absolute atomic E-state index is 12.7. The summed E-state index contributed by atoms with van der Waals surface area (Å²) >= 11 is 0.865. The second-order valence-corrected chi connectivity index (χ2v) is 6.81. The first-order valence-corrected chi connectivity index (χ1v) is 9.13. The Labute approximate surface area is 158 Å². The molecule has 3 aromatic rings. The molecule has 0 fully saturated rings. The second kappa shape index (κ2) is 7.96. The van der Waals surface area contributed by atoms with Crippen LogP contribution in [-0.2, 0) is 11.0 Å². The zero-order chi connectivity index (χ0) is 19.4. The Morgan fingerprint density at radius 1 is 1.15 bits per heavy atom. The lowest BCUT2D eigenvalue weighted by Gasteiger charge is -2.16. The van der Waals surface area contributed by atoms with Gasteiger partial charge in [0, 0.05) is 6.20 Å². The molecule has 3 rings (SSSR count). The summed E-state index contributed by atoms with van der Waals surface area (Å²) in [5.41, 5.74) is -0.0497. The number of hydrogen-bond acceptors (Lipinski definition) is 4. The number of hydrogen-bond donors (Lipinski definition) is 1. The van der Waals surface area contributed by atoms with Crippen molar-refractivity contribution in [1.82, 2.24) is 15.3 Å². The molecule has 0 aliphatic heterocycles. The van der Waals surface area contributed by atoms with Gasteiger partial charge in [-0.05, 0) is 29.3 Å². The van der Waals surface area contributed by atoms with Crippen LogP contribution < -0.4 is 5.32 Å². The normalized spacial score (nSPS) is 12.7. The van der Waals surface area contributed by atoms with Crippen LogP contribution in [0.2, 0.25) is 0 Å². The summed E-state index contributed by atoms with van der Waals surface area (Å²) in [7, 11) is 0. The third-order valence-corrected chi connectivity index (χ3v) is 4.79. The Kier molecular flexibility index (Phi) is 5.65. The highest BCUT2D eigenvalue weighted by molar-refractivity contribution is 7.99. The van der Waals surface area contributed by atoms with E-state index >= 15 is 0 Å². The van der Waals surface area contributed by atoms with Crippen molar-refractivity contribution in [2.24, 2.45) is 0 Å². The van der Waals surface area contributed by atoms with E-state index in [0.717, 1.165) is 40.4 Å². The molecule has 0 saturated heterocycles. The van der Waals surface area contributed by atoms with Gasteiger partial charge in [0.1, 0.15) is 5.69 Å². The first kappa shape index (κ1) is 19.2. The monoisotopic (exact) mass is 391 g/mol. The van der Waals surface area contributed by atoms with Crippen LogP contribution in [0.1, 0.15) is 24.2 Å². The van der Waals surface area contributed by atoms with Crippen LogP contribution >= 0.6 is 11.8 Å². The summed E-state index contributed by atoms with van der Waals surface area (Å²) in [5, 5.41) is 4.90. The summed E-state index contributed by atoms with van der Waals surface area (Å²) in [4.78, 5) is 19.4. The molecule has 1 amide bonds. The van der Waals surface area contributed by atoms with Gasteiger partial charge in [-0.25, -0.2) is 9.97 Å². The van der Waals surface area contributed by atoms with Crippen LogP contribution in [0.3, 0.4) is 0 Å². The number of carbonyl (C=O) groups excluding carboxylic acids is 1. The van der Waals surface area contributed by atoms with Crippen LogP contribution in [0.15, 0.2) is 59.9 Å². The molecule has 1 aromatic heterocycles. The number of benzene rings is 2. The highest BCUT2D eigenvalue weighted by atomic mass is 32.2. The third-order valence-electron chi connectivity index (χ3n) is 3.92. The van der Waals surface area contributed by atoms with E-state index in [1.54, 1.807) is 0 Å². The van der Waals surface area contributed by atoms with Gasteiger partial charge in [0.2, 0.25) is 5.91 Å². The van der Waals surface area contributed by atoms with E-state index < -0.39 is 11.9 Å². The molecule has 0 bridgehead atoms. The van der Waals surface area contributed by atoms with E-state index in [1.807, 2.05) is 49.4 Å². The number of nitrogens with zero attached hydrogens (tertiary/aromatic N) is 2. The minimum absolute atomic E-state index is 0.0730. The largest absolute Gasteiger partial charge is 0.433 e. The topological polar surface area (TPSA) is 54.9 Å². The number of aromatic nitrogens is 2. The summed E-state index contributed by atoms with van der Waals surface area (Å²) in [5.74, 6) is -0.377. The lowest BCUT2D eigenvalue weighted by atomic mass is 10.00. The molecule has 1 heterocycles. The van der Waals surface area contributed by atoms with Gasteiger partial charge in [0.05, 0.1) is 11.8 Å². The smallest absolute Gasteiger partial charge is 0.349 e. The average molecular weight is 391 g/mol. The molecule has 1 atom stereocenters. The van der Waals surface area contributed by atoms with Crippen LogP contribution in [0.4, 0.5) is 13.2 Å². The molecule has 0 saturated carbocycles. The number of carbonyl (C=O) groups is 1. The number of thioether (sulfide) groups is 1. The van der Waals surface area contributed by atoms with Crippen LogP contribution in [-0.4, -0.2) is 21.6 Å². The van der Waals surface area contributed by atoms with Crippen molar-refractivity contribution >= 4 is 28.4 Å². The molecular weight excluding hydrogens is 375 g/mol. The number of nitrogens with one attached hydrogen (secondary N) is 1. The second-order valence-electron chi connectivity index (χ2n) is 5.87. The van der Waals surface area contributed by atoms with Crippen molar-refractivity contribution in [3.63, 3.8) is 0 Å². The van der Waals surface area contributed by atoms with Crippen molar-refractivity contribution in [3.8, 4) is 0 Å². The fraction of sp³-hybridized carbons (Fsp3) is 0.211. The highest BCUT2D eigenvalue weighted by Crippen LogP contribution is 2.28. The molecular formula is C19H16F3N3OS. The fourth-order valence-electron chi connectivity index (χ4n) is 2.69. The number of alkyl halides is 3. The summed E-state index contributed by atoms with van der Waals surface area (Å²) < 4.78 is 38.0. The molecule has 0 aliphatic rings. The maximum atomic E-state index is 12.7. The van der Waals surface area contributed by atoms with Crippen LogP contribution in [0.25, 0.3) is 10.8 Å². The van der Waals surface area contributed by atoms with E-state index in [4.69, 9.17) is 0 Å². The van der Waals surface area contributed by atoms with Crippen molar-refractivity contribution < 1.29 is 18.0 Å². The molecule has 0 aliphatic carbocycles. The summed E-state index contributed by atoms with van der Waals surface area (Å²) in [6.45, 7) is 1.87. The molecule has 2 aromatic carbocycles. The number of fused-ring (bicyclic) bond motifs is 1. The molecule has 0 radical (unpaired) electrons. The average Bonchev–Trinajstić information content (AvgIpc) is 2.65. The molecule has 0 spiro atoms. The minimum Gasteiger partial charge on any atom is -0.349 e. The van der Waals surface area contributed by atoms with Gasteiger partial charge < -0.3 is 5.32 Å². The summed E-state index contributed by atoms with van der Waals surface area (Å²) in [6, 6.07) is 14.3. The van der Waals surface area contributed by atoms with Gasteiger partial charge in [0.25, 0.3) is 0 Å². The molecule has 27 heavy (non-hydrogen) atoms. The van der Waals surface area contributed by atoms with Crippen LogP contribution in [0, 0.1) is 0 Å². The van der Waals surface area contributed by atoms with Crippen molar-refractivity contribution in [2.75, 3.05) is 5.75 Å². The standard InChI is InChI=1S/C19H16F3N3OS/c1-12(14-8-4-6-13-5-2-3-7-15(13)14)24-17(26)11-27-18-23-10-9-16(25-18)19(20,21)22/h2-10,12H,11H2,1H3,(H,24,26)/t12-/m1/s1. The van der Waals surface area contributed by atoms with E-state index in [2.05, 4.69) is 15.3 Å². The van der Waals surface area contributed by atoms with Gasteiger partial charge in [0.15, 0.2) is 5.16 Å². The molecule has 8 heteroatoms. The minimum atomic E-state index is -4.54. The third kappa shape index (κ3) is 4.77. The maximum Gasteiger partial charge on any atom is 0.433 e. The van der Waals surface area contributed by atoms with E-state index in [1.165, 1.54) is 0 Å². The molecule has 4 nitrogen and oxygen atoms in total. The number of rotatable bonds is 5.